The van der Waals surface area contributed by atoms with Gasteiger partial charge in [-0.15, -0.1) is 0 Å². The van der Waals surface area contributed by atoms with E-state index in [1.807, 2.05) is 0 Å². The SMILES string of the molecule is CC(=O)OC(C(=O)c1cccc(C(=O)O)c1O)C1CCCC2CC[C@@H]3[C@H](CC[C@]4(C)[C@@H]([C@H](C)CCCC(C)C)CC[C@@H]34)[C@]21C. The van der Waals surface area contributed by atoms with Crippen molar-refractivity contribution in [3.8, 4) is 5.75 Å². The van der Waals surface area contributed by atoms with E-state index >= 15 is 0 Å². The third-order valence-electron chi connectivity index (χ3n) is 13.5. The summed E-state index contributed by atoms with van der Waals surface area (Å²) in [6.07, 6.45) is 13.2. The maximum absolute atomic E-state index is 14.2. The lowest BCUT2D eigenvalue weighted by atomic mass is 9.41. The Bertz CT molecular complexity index is 1240. The minimum absolute atomic E-state index is 0.0736. The molecule has 0 aromatic heterocycles. The van der Waals surface area contributed by atoms with Crippen LogP contribution in [-0.4, -0.2) is 34.0 Å². The molecule has 3 unspecified atom stereocenters. The van der Waals surface area contributed by atoms with E-state index < -0.39 is 29.6 Å². The number of rotatable bonds is 10. The van der Waals surface area contributed by atoms with Crippen molar-refractivity contribution in [3.63, 3.8) is 0 Å². The molecule has 4 aliphatic rings. The molecule has 0 saturated heterocycles. The van der Waals surface area contributed by atoms with Crippen molar-refractivity contribution in [2.24, 2.45) is 58.2 Å². The summed E-state index contributed by atoms with van der Waals surface area (Å²) < 4.78 is 5.92. The Morgan fingerprint density at radius 1 is 0.909 bits per heavy atom. The number of aromatic hydroxyl groups is 1. The second-order valence-electron chi connectivity index (χ2n) is 16.0. The first-order valence-corrected chi connectivity index (χ1v) is 17.6. The molecule has 0 aliphatic heterocycles. The van der Waals surface area contributed by atoms with Gasteiger partial charge in [-0.25, -0.2) is 4.79 Å². The molecule has 44 heavy (non-hydrogen) atoms. The number of carboxylic acid groups (broad SMARTS) is 1. The first kappa shape index (κ1) is 33.0. The molecule has 6 nitrogen and oxygen atoms in total. The average molecular weight is 609 g/mol. The normalized spacial score (nSPS) is 36.1. The number of para-hydroxylation sites is 1. The number of hydrogen-bond donors (Lipinski definition) is 2. The topological polar surface area (TPSA) is 101 Å². The monoisotopic (exact) mass is 608 g/mol. The van der Waals surface area contributed by atoms with Crippen LogP contribution in [0.4, 0.5) is 0 Å². The van der Waals surface area contributed by atoms with Gasteiger partial charge in [0, 0.05) is 12.8 Å². The highest BCUT2D eigenvalue weighted by molar-refractivity contribution is 6.05. The third-order valence-corrected chi connectivity index (χ3v) is 13.5. The number of aromatic carboxylic acids is 1. The minimum Gasteiger partial charge on any atom is -0.506 e. The Balaban J connectivity index is 1.45. The zero-order valence-electron chi connectivity index (χ0n) is 27.9. The second-order valence-corrected chi connectivity index (χ2v) is 16.0. The van der Waals surface area contributed by atoms with E-state index in [1.54, 1.807) is 0 Å². The molecule has 0 heterocycles. The molecular weight excluding hydrogens is 552 g/mol. The minimum atomic E-state index is -1.30. The summed E-state index contributed by atoms with van der Waals surface area (Å²) in [6, 6.07) is 4.23. The van der Waals surface area contributed by atoms with Crippen molar-refractivity contribution < 1.29 is 29.3 Å². The first-order valence-electron chi connectivity index (χ1n) is 17.6. The number of fused-ring (bicyclic) bond motifs is 5. The van der Waals surface area contributed by atoms with Crippen LogP contribution in [0.2, 0.25) is 0 Å². The van der Waals surface area contributed by atoms with Crippen molar-refractivity contribution in [2.75, 3.05) is 0 Å². The van der Waals surface area contributed by atoms with Crippen LogP contribution >= 0.6 is 0 Å². The van der Waals surface area contributed by atoms with Gasteiger partial charge in [-0.1, -0.05) is 66.4 Å². The van der Waals surface area contributed by atoms with Gasteiger partial charge in [0.1, 0.15) is 11.3 Å². The van der Waals surface area contributed by atoms with Gasteiger partial charge in [0.05, 0.1) is 5.56 Å². The number of esters is 1. The molecule has 0 radical (unpaired) electrons. The van der Waals surface area contributed by atoms with E-state index in [0.717, 1.165) is 49.9 Å². The van der Waals surface area contributed by atoms with E-state index in [2.05, 4.69) is 34.6 Å². The fourth-order valence-electron chi connectivity index (χ4n) is 11.5. The van der Waals surface area contributed by atoms with Gasteiger partial charge in [0.15, 0.2) is 6.10 Å². The number of phenols is 1. The van der Waals surface area contributed by atoms with Gasteiger partial charge in [0.25, 0.3) is 0 Å². The first-order chi connectivity index (χ1) is 20.8. The summed E-state index contributed by atoms with van der Waals surface area (Å²) in [6.45, 7) is 13.5. The Morgan fingerprint density at radius 3 is 2.32 bits per heavy atom. The zero-order chi connectivity index (χ0) is 32.0. The number of carboxylic acids is 1. The van der Waals surface area contributed by atoms with Gasteiger partial charge in [-0.05, 0) is 116 Å². The van der Waals surface area contributed by atoms with Gasteiger partial charge in [-0.2, -0.15) is 0 Å². The number of hydrogen-bond acceptors (Lipinski definition) is 5. The molecule has 5 rings (SSSR count). The maximum atomic E-state index is 14.2. The molecule has 2 N–H and O–H groups in total. The Labute approximate surface area is 264 Å². The van der Waals surface area contributed by atoms with Crippen molar-refractivity contribution >= 4 is 17.7 Å². The van der Waals surface area contributed by atoms with Gasteiger partial charge < -0.3 is 14.9 Å². The number of Topliss-reactive ketones (excluding diaryl/α,β-unsaturated/α-hetero) is 1. The molecule has 1 aromatic rings. The summed E-state index contributed by atoms with van der Waals surface area (Å²) >= 11 is 0. The number of carbonyl (C=O) groups is 3. The fraction of sp³-hybridized carbons (Fsp3) is 0.763. The summed E-state index contributed by atoms with van der Waals surface area (Å²) in [4.78, 5) is 38.5. The van der Waals surface area contributed by atoms with Crippen LogP contribution in [0.1, 0.15) is 139 Å². The summed E-state index contributed by atoms with van der Waals surface area (Å²) in [7, 11) is 0. The van der Waals surface area contributed by atoms with Crippen LogP contribution in [0.15, 0.2) is 18.2 Å². The molecule has 0 spiro atoms. The van der Waals surface area contributed by atoms with Crippen molar-refractivity contribution in [1.82, 2.24) is 0 Å². The number of ketones is 1. The van der Waals surface area contributed by atoms with E-state index in [1.165, 1.54) is 70.1 Å². The molecular formula is C38H56O6. The Morgan fingerprint density at radius 2 is 1.64 bits per heavy atom. The van der Waals surface area contributed by atoms with E-state index in [-0.39, 0.29) is 22.5 Å². The fourth-order valence-corrected chi connectivity index (χ4v) is 11.5. The molecule has 4 aliphatic carbocycles. The van der Waals surface area contributed by atoms with E-state index in [4.69, 9.17) is 4.74 Å². The van der Waals surface area contributed by atoms with Crippen LogP contribution in [0, 0.1) is 58.2 Å². The number of carbonyl (C=O) groups excluding carboxylic acids is 2. The van der Waals surface area contributed by atoms with Crippen LogP contribution in [0.5, 0.6) is 5.75 Å². The average Bonchev–Trinajstić information content (AvgIpc) is 3.32. The van der Waals surface area contributed by atoms with Crippen molar-refractivity contribution in [1.29, 1.82) is 0 Å². The largest absolute Gasteiger partial charge is 0.506 e. The lowest BCUT2D eigenvalue weighted by Gasteiger charge is -2.63. The van der Waals surface area contributed by atoms with E-state index in [9.17, 15) is 24.6 Å². The highest BCUT2D eigenvalue weighted by Crippen LogP contribution is 2.69. The van der Waals surface area contributed by atoms with Gasteiger partial charge in [0.2, 0.25) is 5.78 Å². The Hall–Kier alpha value is -2.37. The number of ether oxygens (including phenoxy) is 1. The predicted molar refractivity (Wildman–Crippen MR) is 172 cm³/mol. The van der Waals surface area contributed by atoms with Crippen LogP contribution < -0.4 is 0 Å². The van der Waals surface area contributed by atoms with Crippen molar-refractivity contribution in [2.45, 2.75) is 125 Å². The summed E-state index contributed by atoms with van der Waals surface area (Å²) in [5, 5.41) is 20.4. The second kappa shape index (κ2) is 12.8. The highest BCUT2D eigenvalue weighted by atomic mass is 16.5. The summed E-state index contributed by atoms with van der Waals surface area (Å²) in [5.74, 6) is 1.49. The molecule has 1 aromatic carbocycles. The lowest BCUT2D eigenvalue weighted by molar-refractivity contribution is -0.172. The van der Waals surface area contributed by atoms with Crippen LogP contribution in [0.3, 0.4) is 0 Å². The summed E-state index contributed by atoms with van der Waals surface area (Å²) in [5.41, 5.74) is -0.196. The predicted octanol–water partition coefficient (Wildman–Crippen LogP) is 8.94. The van der Waals surface area contributed by atoms with E-state index in [0.29, 0.717) is 29.1 Å². The van der Waals surface area contributed by atoms with Crippen LogP contribution in [0.25, 0.3) is 0 Å². The van der Waals surface area contributed by atoms with Crippen LogP contribution in [-0.2, 0) is 9.53 Å². The highest BCUT2D eigenvalue weighted by Gasteiger charge is 2.63. The van der Waals surface area contributed by atoms with Gasteiger partial charge in [-0.3, -0.25) is 9.59 Å². The molecule has 0 bridgehead atoms. The standard InChI is InChI=1S/C38H56O6/c1-22(2)10-7-11-23(3)29-18-19-30-26-17-16-25-12-8-15-32(38(25,6)31(26)20-21-37(29,30)5)35(44-24(4)39)34(41)27-13-9-14-28(33(27)40)36(42)43/h9,13-14,22-23,25-26,29-32,35,40H,7-8,10-12,15-21H2,1-6H3,(H,42,43)/t23-,25?,26+,29-,30+,31+,32?,35?,37-,38+/m1/s1. The lowest BCUT2D eigenvalue weighted by Crippen LogP contribution is -2.59. The molecule has 0 amide bonds. The molecule has 6 heteroatoms. The number of benzene rings is 1. The van der Waals surface area contributed by atoms with Gasteiger partial charge >= 0.3 is 11.9 Å². The molecule has 4 saturated carbocycles. The maximum Gasteiger partial charge on any atom is 0.339 e. The molecule has 4 fully saturated rings. The molecule has 10 atom stereocenters. The third kappa shape index (κ3) is 5.73. The quantitative estimate of drug-likeness (QED) is 0.203. The zero-order valence-corrected chi connectivity index (χ0v) is 27.9. The smallest absolute Gasteiger partial charge is 0.339 e. The van der Waals surface area contributed by atoms with Crippen molar-refractivity contribution in [3.05, 3.63) is 29.3 Å². The Kier molecular flexibility index (Phi) is 9.60. The molecule has 244 valence electrons.